The number of benzene rings is 2. The van der Waals surface area contributed by atoms with Crippen molar-refractivity contribution in [3.63, 3.8) is 0 Å². The summed E-state index contributed by atoms with van der Waals surface area (Å²) in [4.78, 5) is 0. The lowest BCUT2D eigenvalue weighted by atomic mass is 9.87. The van der Waals surface area contributed by atoms with Gasteiger partial charge in [-0.15, -0.1) is 5.11 Å². The smallest absolute Gasteiger partial charge is 0.157 e. The van der Waals surface area contributed by atoms with E-state index in [2.05, 4.69) is 46.9 Å². The number of hydrogen-bond acceptors (Lipinski definition) is 3. The Hall–Kier alpha value is -1.39. The van der Waals surface area contributed by atoms with Crippen LogP contribution in [-0.2, 0) is 5.41 Å². The zero-order valence-electron chi connectivity index (χ0n) is 12.1. The van der Waals surface area contributed by atoms with Crippen molar-refractivity contribution in [2.45, 2.75) is 26.2 Å². The highest BCUT2D eigenvalue weighted by atomic mass is 79.9. The fraction of sp³-hybridized carbons (Fsp3) is 0.250. The number of rotatable bonds is 2. The van der Waals surface area contributed by atoms with Crippen LogP contribution in [0.25, 0.3) is 0 Å². The largest absolute Gasteiger partial charge is 0.505 e. The first-order valence-electron chi connectivity index (χ1n) is 6.47. The minimum atomic E-state index is -0.0451. The van der Waals surface area contributed by atoms with Crippen molar-refractivity contribution in [1.29, 1.82) is 0 Å². The Bertz CT molecular complexity index is 693. The van der Waals surface area contributed by atoms with Crippen molar-refractivity contribution in [3.8, 4) is 5.75 Å². The molecule has 0 fully saturated rings. The van der Waals surface area contributed by atoms with Gasteiger partial charge in [-0.2, -0.15) is 5.11 Å². The van der Waals surface area contributed by atoms with E-state index < -0.39 is 0 Å². The fourth-order valence-electron chi connectivity index (χ4n) is 1.74. The highest BCUT2D eigenvalue weighted by molar-refractivity contribution is 9.10. The molecule has 0 aromatic heterocycles. The SMILES string of the molecule is CC(C)(C)c1cc(Br)c(O)c(N=Nc2cccc(Cl)c2)c1. The molecule has 3 nitrogen and oxygen atoms in total. The molecule has 0 aliphatic rings. The number of phenolic OH excluding ortho intramolecular Hbond substituents is 1. The minimum Gasteiger partial charge on any atom is -0.505 e. The molecular weight excluding hydrogens is 352 g/mol. The van der Waals surface area contributed by atoms with Crippen LogP contribution in [0.15, 0.2) is 51.1 Å². The molecule has 0 bridgehead atoms. The fourth-order valence-corrected chi connectivity index (χ4v) is 2.38. The average molecular weight is 368 g/mol. The molecule has 2 rings (SSSR count). The third-order valence-electron chi connectivity index (χ3n) is 2.99. The van der Waals surface area contributed by atoms with Gasteiger partial charge in [0.2, 0.25) is 0 Å². The van der Waals surface area contributed by atoms with Crippen LogP contribution >= 0.6 is 27.5 Å². The first-order chi connectivity index (χ1) is 9.77. The maximum absolute atomic E-state index is 10.1. The lowest BCUT2D eigenvalue weighted by Crippen LogP contribution is -2.10. The molecule has 1 N–H and O–H groups in total. The predicted octanol–water partition coefficient (Wildman–Crippen LogP) is 6.52. The summed E-state index contributed by atoms with van der Waals surface area (Å²) < 4.78 is 0.606. The van der Waals surface area contributed by atoms with Gasteiger partial charge in [0, 0.05) is 5.02 Å². The third kappa shape index (κ3) is 4.05. The second-order valence-corrected chi connectivity index (χ2v) is 7.05. The molecule has 5 heteroatoms. The summed E-state index contributed by atoms with van der Waals surface area (Å²) in [7, 11) is 0. The molecule has 0 unspecified atom stereocenters. The number of hydrogen-bond donors (Lipinski definition) is 1. The number of halogens is 2. The Morgan fingerprint density at radius 2 is 1.81 bits per heavy atom. The van der Waals surface area contributed by atoms with Crippen molar-refractivity contribution in [2.75, 3.05) is 0 Å². The minimum absolute atomic E-state index is 0.0451. The van der Waals surface area contributed by atoms with Gasteiger partial charge in [-0.3, -0.25) is 0 Å². The first kappa shape index (κ1) is 16.0. The topological polar surface area (TPSA) is 45.0 Å². The monoisotopic (exact) mass is 366 g/mol. The van der Waals surface area contributed by atoms with Gasteiger partial charge in [0.25, 0.3) is 0 Å². The van der Waals surface area contributed by atoms with Crippen molar-refractivity contribution >= 4 is 38.9 Å². The second-order valence-electron chi connectivity index (χ2n) is 5.76. The van der Waals surface area contributed by atoms with Crippen molar-refractivity contribution < 1.29 is 5.11 Å². The zero-order chi connectivity index (χ0) is 15.6. The molecule has 21 heavy (non-hydrogen) atoms. The Morgan fingerprint density at radius 1 is 1.10 bits per heavy atom. The van der Waals surface area contributed by atoms with E-state index in [1.54, 1.807) is 24.3 Å². The summed E-state index contributed by atoms with van der Waals surface area (Å²) in [5.74, 6) is 0.0776. The molecular formula is C16H16BrClN2O. The highest BCUT2D eigenvalue weighted by Crippen LogP contribution is 2.39. The van der Waals surface area contributed by atoms with E-state index in [1.807, 2.05) is 12.1 Å². The summed E-state index contributed by atoms with van der Waals surface area (Å²) in [6.45, 7) is 6.30. The van der Waals surface area contributed by atoms with Gasteiger partial charge in [0.05, 0.1) is 10.2 Å². The highest BCUT2D eigenvalue weighted by Gasteiger charge is 2.17. The van der Waals surface area contributed by atoms with E-state index in [9.17, 15) is 5.11 Å². The number of azo groups is 1. The molecule has 0 spiro atoms. The lowest BCUT2D eigenvalue weighted by molar-refractivity contribution is 0.471. The van der Waals surface area contributed by atoms with Crippen LogP contribution in [0.3, 0.4) is 0 Å². The van der Waals surface area contributed by atoms with Gasteiger partial charge in [-0.05, 0) is 57.2 Å². The Morgan fingerprint density at radius 3 is 2.43 bits per heavy atom. The van der Waals surface area contributed by atoms with Crippen molar-refractivity contribution in [2.24, 2.45) is 10.2 Å². The molecule has 0 aliphatic carbocycles. The van der Waals surface area contributed by atoms with Gasteiger partial charge >= 0.3 is 0 Å². The van der Waals surface area contributed by atoms with Crippen molar-refractivity contribution in [1.82, 2.24) is 0 Å². The molecule has 2 aromatic rings. The first-order valence-corrected chi connectivity index (χ1v) is 7.65. The summed E-state index contributed by atoms with van der Waals surface area (Å²) in [5.41, 5.74) is 2.08. The van der Waals surface area contributed by atoms with Gasteiger partial charge < -0.3 is 5.11 Å². The number of aromatic hydroxyl groups is 1. The Kier molecular flexibility index (Phi) is 4.69. The maximum atomic E-state index is 10.1. The van der Waals surface area contributed by atoms with Crippen LogP contribution in [-0.4, -0.2) is 5.11 Å². The van der Waals surface area contributed by atoms with Crippen LogP contribution < -0.4 is 0 Å². The van der Waals surface area contributed by atoms with Crippen LogP contribution in [0.1, 0.15) is 26.3 Å². The van der Waals surface area contributed by atoms with Crippen LogP contribution in [0.2, 0.25) is 5.02 Å². The molecule has 0 heterocycles. The average Bonchev–Trinajstić information content (AvgIpc) is 2.39. The summed E-state index contributed by atoms with van der Waals surface area (Å²) in [6.07, 6.45) is 0. The molecule has 0 saturated carbocycles. The Balaban J connectivity index is 2.42. The van der Waals surface area contributed by atoms with Gasteiger partial charge in [-0.1, -0.05) is 38.4 Å². The quantitative estimate of drug-likeness (QED) is 0.603. The van der Waals surface area contributed by atoms with Gasteiger partial charge in [0.1, 0.15) is 5.69 Å². The van der Waals surface area contributed by atoms with E-state index in [1.165, 1.54) is 0 Å². The molecule has 0 radical (unpaired) electrons. The summed E-state index contributed by atoms with van der Waals surface area (Å²) >= 11 is 9.26. The van der Waals surface area contributed by atoms with E-state index in [-0.39, 0.29) is 11.2 Å². The molecule has 2 aromatic carbocycles. The normalized spacial score (nSPS) is 12.0. The standard InChI is InChI=1S/C16H16BrClN2O/c1-16(2,3)10-7-13(17)15(21)14(8-10)20-19-12-6-4-5-11(18)9-12/h4-9,21H,1-3H3. The van der Waals surface area contributed by atoms with Crippen LogP contribution in [0.4, 0.5) is 11.4 Å². The van der Waals surface area contributed by atoms with E-state index >= 15 is 0 Å². The van der Waals surface area contributed by atoms with Gasteiger partial charge in [0.15, 0.2) is 5.75 Å². The maximum Gasteiger partial charge on any atom is 0.157 e. The number of nitrogens with zero attached hydrogens (tertiary/aromatic N) is 2. The summed E-state index contributed by atoms with van der Waals surface area (Å²) in [5, 5.41) is 19.0. The summed E-state index contributed by atoms with van der Waals surface area (Å²) in [6, 6.07) is 10.8. The zero-order valence-corrected chi connectivity index (χ0v) is 14.4. The van der Waals surface area contributed by atoms with Crippen LogP contribution in [0, 0.1) is 0 Å². The number of phenols is 1. The molecule has 0 atom stereocenters. The molecule has 0 aliphatic heterocycles. The van der Waals surface area contributed by atoms with E-state index in [4.69, 9.17) is 11.6 Å². The molecule has 110 valence electrons. The van der Waals surface area contributed by atoms with E-state index in [0.717, 1.165) is 5.56 Å². The predicted molar refractivity (Wildman–Crippen MR) is 90.1 cm³/mol. The van der Waals surface area contributed by atoms with E-state index in [0.29, 0.717) is 20.9 Å². The van der Waals surface area contributed by atoms with Gasteiger partial charge in [-0.25, -0.2) is 0 Å². The van der Waals surface area contributed by atoms with Crippen molar-refractivity contribution in [3.05, 3.63) is 51.5 Å². The molecule has 0 amide bonds. The second kappa shape index (κ2) is 6.16. The lowest BCUT2D eigenvalue weighted by Gasteiger charge is -2.20. The Labute approximate surface area is 137 Å². The third-order valence-corrected chi connectivity index (χ3v) is 3.83. The molecule has 0 saturated heterocycles. The van der Waals surface area contributed by atoms with Crippen LogP contribution in [0.5, 0.6) is 5.75 Å².